The van der Waals surface area contributed by atoms with E-state index in [0.29, 0.717) is 24.8 Å². The molecule has 3 fully saturated rings. The molecule has 6 heteroatoms. The summed E-state index contributed by atoms with van der Waals surface area (Å²) in [6, 6.07) is 0. The van der Waals surface area contributed by atoms with Gasteiger partial charge in [0.15, 0.2) is 5.89 Å². The van der Waals surface area contributed by atoms with Gasteiger partial charge in [-0.25, -0.2) is 4.98 Å². The van der Waals surface area contributed by atoms with Crippen LogP contribution in [0.1, 0.15) is 47.3 Å². The largest absolute Gasteiger partial charge is 0.435 e. The van der Waals surface area contributed by atoms with Crippen molar-refractivity contribution >= 4 is 5.91 Å². The van der Waals surface area contributed by atoms with Crippen LogP contribution in [-0.4, -0.2) is 66.1 Å². The van der Waals surface area contributed by atoms with Crippen molar-refractivity contribution in [3.63, 3.8) is 0 Å². The monoisotopic (exact) mass is 305 g/mol. The molecular formula is C16H23N3O3. The smallest absolute Gasteiger partial charge is 0.291 e. The van der Waals surface area contributed by atoms with Crippen molar-refractivity contribution < 1.29 is 13.9 Å². The molecule has 1 atom stereocenters. The summed E-state index contributed by atoms with van der Waals surface area (Å²) in [6.45, 7) is 5.66. The quantitative estimate of drug-likeness (QED) is 0.827. The molecule has 1 saturated carbocycles. The Morgan fingerprint density at radius 2 is 2.18 bits per heavy atom. The molecule has 22 heavy (non-hydrogen) atoms. The lowest BCUT2D eigenvalue weighted by Crippen LogP contribution is -2.62. The minimum Gasteiger partial charge on any atom is -0.435 e. The first-order valence-electron chi connectivity index (χ1n) is 8.15. The zero-order valence-electron chi connectivity index (χ0n) is 13.3. The molecule has 0 bridgehead atoms. The number of aromatic nitrogens is 1. The number of ether oxygens (including phenoxy) is 1. The number of oxazole rings is 1. The number of hydrogen-bond donors (Lipinski definition) is 0. The van der Waals surface area contributed by atoms with E-state index in [9.17, 15) is 4.79 Å². The molecule has 1 spiro atoms. The van der Waals surface area contributed by atoms with Gasteiger partial charge in [0.2, 0.25) is 5.76 Å². The highest BCUT2D eigenvalue weighted by molar-refractivity contribution is 5.92. The number of amides is 1. The summed E-state index contributed by atoms with van der Waals surface area (Å²) < 4.78 is 11.4. The molecule has 0 aromatic carbocycles. The summed E-state index contributed by atoms with van der Waals surface area (Å²) in [5.74, 6) is 1.59. The molecule has 2 aliphatic heterocycles. The van der Waals surface area contributed by atoms with Gasteiger partial charge < -0.3 is 14.1 Å². The Bertz CT molecular complexity index is 587. The van der Waals surface area contributed by atoms with Crippen LogP contribution in [-0.2, 0) is 4.74 Å². The first-order chi connectivity index (χ1) is 10.6. The maximum Gasteiger partial charge on any atom is 0.291 e. The predicted molar refractivity (Wildman–Crippen MR) is 79.9 cm³/mol. The third-order valence-electron chi connectivity index (χ3n) is 5.30. The minimum atomic E-state index is -0.0266. The van der Waals surface area contributed by atoms with Gasteiger partial charge in [-0.3, -0.25) is 9.69 Å². The standard InChI is InChI=1S/C16H23N3O3/c1-11-13(22-14(17-11)12-3-4-12)15(20)19-7-6-18(2)16(9-19)5-8-21-10-16/h12H,3-10H2,1-2H3. The van der Waals surface area contributed by atoms with Gasteiger partial charge in [0.25, 0.3) is 5.91 Å². The van der Waals surface area contributed by atoms with Gasteiger partial charge in [0.05, 0.1) is 17.8 Å². The molecule has 1 aromatic rings. The number of nitrogens with zero attached hydrogens (tertiary/aromatic N) is 3. The van der Waals surface area contributed by atoms with E-state index in [1.165, 1.54) is 0 Å². The van der Waals surface area contributed by atoms with E-state index in [1.807, 2.05) is 11.8 Å². The number of piperazine rings is 1. The molecule has 1 unspecified atom stereocenters. The lowest BCUT2D eigenvalue weighted by Gasteiger charge is -2.46. The number of rotatable bonds is 2. The molecule has 0 N–H and O–H groups in total. The Hall–Kier alpha value is -1.40. The molecule has 1 aliphatic carbocycles. The van der Waals surface area contributed by atoms with Crippen LogP contribution in [0.5, 0.6) is 0 Å². The van der Waals surface area contributed by atoms with Crippen LogP contribution in [0.2, 0.25) is 0 Å². The summed E-state index contributed by atoms with van der Waals surface area (Å²) in [5, 5.41) is 0. The molecule has 1 aromatic heterocycles. The maximum atomic E-state index is 12.9. The lowest BCUT2D eigenvalue weighted by molar-refractivity contribution is 0.00770. The third-order valence-corrected chi connectivity index (χ3v) is 5.30. The number of aryl methyl sites for hydroxylation is 1. The Kier molecular flexibility index (Phi) is 3.27. The zero-order chi connectivity index (χ0) is 15.3. The van der Waals surface area contributed by atoms with Crippen molar-refractivity contribution in [3.05, 3.63) is 17.3 Å². The van der Waals surface area contributed by atoms with E-state index in [4.69, 9.17) is 9.15 Å². The van der Waals surface area contributed by atoms with Crippen LogP contribution in [0.3, 0.4) is 0 Å². The normalized spacial score (nSPS) is 29.5. The van der Waals surface area contributed by atoms with E-state index in [-0.39, 0.29) is 11.4 Å². The maximum absolute atomic E-state index is 12.9. The van der Waals surface area contributed by atoms with E-state index < -0.39 is 0 Å². The average Bonchev–Trinajstić information content (AvgIpc) is 3.14. The van der Waals surface area contributed by atoms with E-state index >= 15 is 0 Å². The van der Waals surface area contributed by atoms with E-state index in [1.54, 1.807) is 0 Å². The fraction of sp³-hybridized carbons (Fsp3) is 0.750. The Morgan fingerprint density at radius 3 is 2.86 bits per heavy atom. The van der Waals surface area contributed by atoms with Gasteiger partial charge in [0.1, 0.15) is 0 Å². The van der Waals surface area contributed by atoms with Gasteiger partial charge >= 0.3 is 0 Å². The second-order valence-corrected chi connectivity index (χ2v) is 6.92. The van der Waals surface area contributed by atoms with Crippen LogP contribution in [0.4, 0.5) is 0 Å². The van der Waals surface area contributed by atoms with Crippen molar-refractivity contribution in [1.82, 2.24) is 14.8 Å². The second kappa shape index (κ2) is 5.06. The minimum absolute atomic E-state index is 0.0173. The first kappa shape index (κ1) is 14.2. The number of likely N-dealkylation sites (N-methyl/N-ethyl adjacent to an activating group) is 1. The van der Waals surface area contributed by atoms with Gasteiger partial charge in [0, 0.05) is 32.2 Å². The fourth-order valence-corrected chi connectivity index (χ4v) is 3.52. The molecule has 6 nitrogen and oxygen atoms in total. The molecule has 0 radical (unpaired) electrons. The Balaban J connectivity index is 1.55. The molecule has 120 valence electrons. The lowest BCUT2D eigenvalue weighted by atomic mass is 9.93. The summed E-state index contributed by atoms with van der Waals surface area (Å²) in [7, 11) is 2.13. The zero-order valence-corrected chi connectivity index (χ0v) is 13.3. The number of carbonyl (C=O) groups is 1. The molecule has 1 amide bonds. The highest BCUT2D eigenvalue weighted by atomic mass is 16.5. The summed E-state index contributed by atoms with van der Waals surface area (Å²) in [5.41, 5.74) is 0.698. The SMILES string of the molecule is Cc1nc(C2CC2)oc1C(=O)N1CCN(C)C2(CCOC2)C1. The summed E-state index contributed by atoms with van der Waals surface area (Å²) in [4.78, 5) is 21.6. The van der Waals surface area contributed by atoms with Crippen LogP contribution < -0.4 is 0 Å². The predicted octanol–water partition coefficient (Wildman–Crippen LogP) is 1.41. The number of carbonyl (C=O) groups excluding carboxylic acids is 1. The summed E-state index contributed by atoms with van der Waals surface area (Å²) >= 11 is 0. The van der Waals surface area contributed by atoms with Crippen molar-refractivity contribution in [2.24, 2.45) is 0 Å². The topological polar surface area (TPSA) is 58.8 Å². The molecule has 2 saturated heterocycles. The number of hydrogen-bond acceptors (Lipinski definition) is 5. The molecule has 3 heterocycles. The highest BCUT2D eigenvalue weighted by Gasteiger charge is 2.45. The summed E-state index contributed by atoms with van der Waals surface area (Å²) in [6.07, 6.45) is 3.24. The first-order valence-corrected chi connectivity index (χ1v) is 8.15. The van der Waals surface area contributed by atoms with Gasteiger partial charge in [-0.05, 0) is 33.2 Å². The Morgan fingerprint density at radius 1 is 1.36 bits per heavy atom. The van der Waals surface area contributed by atoms with Crippen LogP contribution >= 0.6 is 0 Å². The Labute approximate surface area is 130 Å². The highest BCUT2D eigenvalue weighted by Crippen LogP contribution is 2.40. The van der Waals surface area contributed by atoms with Crippen LogP contribution in [0.25, 0.3) is 0 Å². The van der Waals surface area contributed by atoms with Crippen molar-refractivity contribution in [2.45, 2.75) is 37.6 Å². The van der Waals surface area contributed by atoms with Crippen molar-refractivity contribution in [2.75, 3.05) is 39.9 Å². The molecule has 4 rings (SSSR count). The average molecular weight is 305 g/mol. The fourth-order valence-electron chi connectivity index (χ4n) is 3.52. The van der Waals surface area contributed by atoms with Crippen LogP contribution in [0.15, 0.2) is 4.42 Å². The van der Waals surface area contributed by atoms with Crippen molar-refractivity contribution in [3.8, 4) is 0 Å². The van der Waals surface area contributed by atoms with E-state index in [0.717, 1.165) is 50.5 Å². The van der Waals surface area contributed by atoms with Gasteiger partial charge in [-0.2, -0.15) is 0 Å². The van der Waals surface area contributed by atoms with Crippen LogP contribution in [0, 0.1) is 6.92 Å². The molecular weight excluding hydrogens is 282 g/mol. The van der Waals surface area contributed by atoms with Gasteiger partial charge in [-0.15, -0.1) is 0 Å². The van der Waals surface area contributed by atoms with Crippen molar-refractivity contribution in [1.29, 1.82) is 0 Å². The third kappa shape index (κ3) is 2.25. The van der Waals surface area contributed by atoms with Gasteiger partial charge in [-0.1, -0.05) is 0 Å². The second-order valence-electron chi connectivity index (χ2n) is 6.92. The van der Waals surface area contributed by atoms with E-state index in [2.05, 4.69) is 16.9 Å². The molecule has 3 aliphatic rings.